The molecule has 2 fully saturated rings. The summed E-state index contributed by atoms with van der Waals surface area (Å²) in [7, 11) is 0. The molecule has 1 aliphatic heterocycles. The molecular weight excluding hydrogens is 348 g/mol. The standard InChI is InChI=1S/C20H28N2O3S/c1-3-26-17-8-5-4-7-16(17)18(23)22(14-20(2)10-6-11-20)15-9-12-21(13-15)19(24)25/h4-5,7-8,15H,3,6,9-14H2,1-2H3,(H,24,25)/t15-/m0/s1. The molecule has 5 nitrogen and oxygen atoms in total. The molecule has 2 amide bonds. The Labute approximate surface area is 159 Å². The van der Waals surface area contributed by atoms with Crippen LogP contribution < -0.4 is 0 Å². The second-order valence-electron chi connectivity index (χ2n) is 7.70. The molecule has 6 heteroatoms. The van der Waals surface area contributed by atoms with Crippen LogP contribution in [0, 0.1) is 5.41 Å². The summed E-state index contributed by atoms with van der Waals surface area (Å²) in [5.41, 5.74) is 0.912. The van der Waals surface area contributed by atoms with E-state index in [1.165, 1.54) is 11.3 Å². The maximum absolute atomic E-state index is 13.5. The maximum atomic E-state index is 13.5. The van der Waals surface area contributed by atoms with E-state index < -0.39 is 6.09 Å². The van der Waals surface area contributed by atoms with E-state index in [9.17, 15) is 14.7 Å². The minimum absolute atomic E-state index is 0.0318. The van der Waals surface area contributed by atoms with E-state index in [2.05, 4.69) is 13.8 Å². The van der Waals surface area contributed by atoms with Crippen molar-refractivity contribution >= 4 is 23.8 Å². The molecule has 0 radical (unpaired) electrons. The second-order valence-corrected chi connectivity index (χ2v) is 9.00. The lowest BCUT2D eigenvalue weighted by Gasteiger charge is -2.44. The van der Waals surface area contributed by atoms with Crippen molar-refractivity contribution < 1.29 is 14.7 Å². The highest BCUT2D eigenvalue weighted by Gasteiger charge is 2.40. The van der Waals surface area contributed by atoms with Gasteiger partial charge < -0.3 is 14.9 Å². The van der Waals surface area contributed by atoms with Crippen molar-refractivity contribution in [1.82, 2.24) is 9.80 Å². The lowest BCUT2D eigenvalue weighted by molar-refractivity contribution is 0.0407. The SMILES string of the molecule is CCSc1ccccc1C(=O)N(CC1(C)CCC1)[C@H]1CCN(C(=O)O)C1. The number of carbonyl (C=O) groups excluding carboxylic acids is 1. The highest BCUT2D eigenvalue weighted by atomic mass is 32.2. The Bertz CT molecular complexity index is 675. The first-order valence-electron chi connectivity index (χ1n) is 9.44. The van der Waals surface area contributed by atoms with Crippen molar-refractivity contribution in [2.75, 3.05) is 25.4 Å². The molecule has 1 heterocycles. The van der Waals surface area contributed by atoms with Crippen molar-refractivity contribution in [3.63, 3.8) is 0 Å². The Kier molecular flexibility index (Phi) is 5.80. The number of carboxylic acid groups (broad SMARTS) is 1. The predicted molar refractivity (Wildman–Crippen MR) is 104 cm³/mol. The van der Waals surface area contributed by atoms with E-state index in [0.717, 1.165) is 42.0 Å². The average molecular weight is 377 g/mol. The molecule has 0 aromatic heterocycles. The molecule has 0 bridgehead atoms. The molecule has 1 saturated heterocycles. The smallest absolute Gasteiger partial charge is 0.407 e. The number of hydrogen-bond donors (Lipinski definition) is 1. The Hall–Kier alpha value is -1.69. The van der Waals surface area contributed by atoms with Gasteiger partial charge in [0.2, 0.25) is 0 Å². The summed E-state index contributed by atoms with van der Waals surface area (Å²) in [4.78, 5) is 29.2. The zero-order valence-electron chi connectivity index (χ0n) is 15.6. The number of rotatable bonds is 6. The quantitative estimate of drug-likeness (QED) is 0.757. The van der Waals surface area contributed by atoms with Gasteiger partial charge in [0, 0.05) is 24.5 Å². The first-order valence-corrected chi connectivity index (χ1v) is 10.4. The Balaban J connectivity index is 1.85. The summed E-state index contributed by atoms with van der Waals surface area (Å²) in [6, 6.07) is 7.75. The molecule has 1 saturated carbocycles. The molecule has 0 unspecified atom stereocenters. The van der Waals surface area contributed by atoms with Gasteiger partial charge in [0.15, 0.2) is 0 Å². The van der Waals surface area contributed by atoms with Crippen LogP contribution in [-0.4, -0.2) is 58.3 Å². The summed E-state index contributed by atoms with van der Waals surface area (Å²) in [6.07, 6.45) is 3.32. The van der Waals surface area contributed by atoms with Gasteiger partial charge in [-0.25, -0.2) is 4.79 Å². The van der Waals surface area contributed by atoms with Crippen molar-refractivity contribution in [3.8, 4) is 0 Å². The third-order valence-electron chi connectivity index (χ3n) is 5.67. The lowest BCUT2D eigenvalue weighted by atomic mass is 9.70. The summed E-state index contributed by atoms with van der Waals surface area (Å²) in [6.45, 7) is 5.97. The topological polar surface area (TPSA) is 60.9 Å². The van der Waals surface area contributed by atoms with Gasteiger partial charge in [0.1, 0.15) is 0 Å². The number of likely N-dealkylation sites (tertiary alicyclic amines) is 1. The van der Waals surface area contributed by atoms with Crippen LogP contribution in [0.2, 0.25) is 0 Å². The van der Waals surface area contributed by atoms with E-state index in [1.54, 1.807) is 11.8 Å². The number of carbonyl (C=O) groups is 2. The van der Waals surface area contributed by atoms with Gasteiger partial charge in [-0.2, -0.15) is 0 Å². The number of hydrogen-bond acceptors (Lipinski definition) is 3. The van der Waals surface area contributed by atoms with Crippen LogP contribution in [0.4, 0.5) is 4.79 Å². The summed E-state index contributed by atoms with van der Waals surface area (Å²) in [5, 5.41) is 9.29. The first-order chi connectivity index (χ1) is 12.4. The van der Waals surface area contributed by atoms with Gasteiger partial charge >= 0.3 is 6.09 Å². The van der Waals surface area contributed by atoms with Crippen LogP contribution in [0.5, 0.6) is 0 Å². The van der Waals surface area contributed by atoms with Crippen LogP contribution in [0.1, 0.15) is 49.9 Å². The molecule has 1 aromatic carbocycles. The van der Waals surface area contributed by atoms with Gasteiger partial charge in [-0.15, -0.1) is 11.8 Å². The molecular formula is C20H28N2O3S. The van der Waals surface area contributed by atoms with E-state index in [-0.39, 0.29) is 17.4 Å². The highest BCUT2D eigenvalue weighted by Crippen LogP contribution is 2.42. The fourth-order valence-electron chi connectivity index (χ4n) is 3.97. The zero-order valence-corrected chi connectivity index (χ0v) is 16.4. The number of amides is 2. The van der Waals surface area contributed by atoms with Crippen LogP contribution in [-0.2, 0) is 0 Å². The van der Waals surface area contributed by atoms with E-state index >= 15 is 0 Å². The summed E-state index contributed by atoms with van der Waals surface area (Å²) >= 11 is 1.68. The van der Waals surface area contributed by atoms with Crippen molar-refractivity contribution in [2.45, 2.75) is 50.5 Å². The Morgan fingerprint density at radius 1 is 1.35 bits per heavy atom. The van der Waals surface area contributed by atoms with Crippen LogP contribution in [0.25, 0.3) is 0 Å². The highest BCUT2D eigenvalue weighted by molar-refractivity contribution is 7.99. The predicted octanol–water partition coefficient (Wildman–Crippen LogP) is 4.18. The lowest BCUT2D eigenvalue weighted by Crippen LogP contribution is -2.49. The molecule has 2 aliphatic rings. The van der Waals surface area contributed by atoms with Crippen molar-refractivity contribution in [1.29, 1.82) is 0 Å². The normalized spacial score (nSPS) is 21.3. The number of benzene rings is 1. The van der Waals surface area contributed by atoms with Gasteiger partial charge in [0.25, 0.3) is 5.91 Å². The third kappa shape index (κ3) is 4.00. The number of thioether (sulfide) groups is 1. The monoisotopic (exact) mass is 376 g/mol. The molecule has 142 valence electrons. The molecule has 1 atom stereocenters. The van der Waals surface area contributed by atoms with Crippen LogP contribution in [0.3, 0.4) is 0 Å². The van der Waals surface area contributed by atoms with Crippen molar-refractivity contribution in [3.05, 3.63) is 29.8 Å². The van der Waals surface area contributed by atoms with E-state index in [0.29, 0.717) is 13.1 Å². The minimum Gasteiger partial charge on any atom is -0.465 e. The zero-order chi connectivity index (χ0) is 18.7. The van der Waals surface area contributed by atoms with Gasteiger partial charge in [-0.05, 0) is 42.6 Å². The van der Waals surface area contributed by atoms with E-state index in [4.69, 9.17) is 0 Å². The second kappa shape index (κ2) is 7.91. The largest absolute Gasteiger partial charge is 0.465 e. The third-order valence-corrected chi connectivity index (χ3v) is 6.62. The molecule has 0 spiro atoms. The summed E-state index contributed by atoms with van der Waals surface area (Å²) in [5.74, 6) is 0.963. The molecule has 26 heavy (non-hydrogen) atoms. The molecule has 1 N–H and O–H groups in total. The Morgan fingerprint density at radius 3 is 2.65 bits per heavy atom. The Morgan fingerprint density at radius 2 is 2.08 bits per heavy atom. The molecule has 3 rings (SSSR count). The van der Waals surface area contributed by atoms with E-state index in [1.807, 2.05) is 29.2 Å². The van der Waals surface area contributed by atoms with Crippen LogP contribution in [0.15, 0.2) is 29.2 Å². The fraction of sp³-hybridized carbons (Fsp3) is 0.600. The van der Waals surface area contributed by atoms with Gasteiger partial charge in [-0.1, -0.05) is 32.4 Å². The fourth-order valence-corrected chi connectivity index (χ4v) is 4.76. The first kappa shape index (κ1) is 19.1. The van der Waals surface area contributed by atoms with Gasteiger partial charge in [0.05, 0.1) is 11.6 Å². The molecule has 1 aliphatic carbocycles. The average Bonchev–Trinajstić information content (AvgIpc) is 3.08. The van der Waals surface area contributed by atoms with Crippen molar-refractivity contribution in [2.24, 2.45) is 5.41 Å². The van der Waals surface area contributed by atoms with Crippen LogP contribution >= 0.6 is 11.8 Å². The summed E-state index contributed by atoms with van der Waals surface area (Å²) < 4.78 is 0. The number of nitrogens with zero attached hydrogens (tertiary/aromatic N) is 2. The molecule has 1 aromatic rings. The minimum atomic E-state index is -0.892. The van der Waals surface area contributed by atoms with Gasteiger partial charge in [-0.3, -0.25) is 4.79 Å². The maximum Gasteiger partial charge on any atom is 0.407 e.